The number of anilines is 1. The van der Waals surface area contributed by atoms with Gasteiger partial charge in [0.2, 0.25) is 0 Å². The molecule has 0 fully saturated rings. The highest BCUT2D eigenvalue weighted by Gasteiger charge is 2.56. The van der Waals surface area contributed by atoms with Gasteiger partial charge in [0, 0.05) is 40.1 Å². The third-order valence-electron chi connectivity index (χ3n) is 12.0. The quantitative estimate of drug-likeness (QED) is 0.190. The van der Waals surface area contributed by atoms with Gasteiger partial charge in [-0.1, -0.05) is 121 Å². The van der Waals surface area contributed by atoms with E-state index in [1.807, 2.05) is 25.1 Å². The molecule has 0 saturated heterocycles. The van der Waals surface area contributed by atoms with Crippen molar-refractivity contribution in [1.29, 1.82) is 0 Å². The van der Waals surface area contributed by atoms with Crippen molar-refractivity contribution in [3.8, 4) is 17.2 Å². The molecule has 53 heavy (non-hydrogen) atoms. The lowest BCUT2D eigenvalue weighted by molar-refractivity contribution is 0.0821. The molecule has 3 heterocycles. The van der Waals surface area contributed by atoms with E-state index in [1.54, 1.807) is 0 Å². The van der Waals surface area contributed by atoms with Crippen LogP contribution < -0.4 is 20.1 Å². The molecule has 0 radical (unpaired) electrons. The zero-order chi connectivity index (χ0) is 35.5. The summed E-state index contributed by atoms with van der Waals surface area (Å²) in [6.07, 6.45) is 14.9. The summed E-state index contributed by atoms with van der Waals surface area (Å²) in [7, 11) is 0. The summed E-state index contributed by atoms with van der Waals surface area (Å²) in [6, 6.07) is 45.4. The molecule has 5 aliphatic rings. The topological polar surface area (TPSA) is 57.0 Å². The van der Waals surface area contributed by atoms with Gasteiger partial charge in [-0.25, -0.2) is 0 Å². The summed E-state index contributed by atoms with van der Waals surface area (Å²) in [5.41, 5.74) is 13.5. The second-order valence-corrected chi connectivity index (χ2v) is 14.8. The largest absolute Gasteiger partial charge is 0.489 e. The molecule has 262 valence electrons. The predicted molar refractivity (Wildman–Crippen MR) is 210 cm³/mol. The van der Waals surface area contributed by atoms with Crippen molar-refractivity contribution in [2.75, 3.05) is 4.90 Å². The summed E-state index contributed by atoms with van der Waals surface area (Å²) >= 11 is 0. The van der Waals surface area contributed by atoms with E-state index in [1.165, 1.54) is 27.8 Å². The van der Waals surface area contributed by atoms with E-state index in [0.29, 0.717) is 11.6 Å². The van der Waals surface area contributed by atoms with Gasteiger partial charge in [0.15, 0.2) is 5.76 Å². The molecule has 1 spiro atoms. The molecule has 7 atom stereocenters. The number of benzene rings is 5. The zero-order valence-electron chi connectivity index (χ0n) is 29.7. The number of para-hydroxylation sites is 3. The maximum atomic E-state index is 6.96. The third kappa shape index (κ3) is 4.98. The Balaban J connectivity index is 1.08. The van der Waals surface area contributed by atoms with Gasteiger partial charge in [-0.2, -0.15) is 0 Å². The number of hydrogen-bond donors (Lipinski definition) is 1. The maximum absolute atomic E-state index is 6.96. The summed E-state index contributed by atoms with van der Waals surface area (Å²) in [5, 5.41) is 0. The van der Waals surface area contributed by atoms with Crippen LogP contribution in [-0.4, -0.2) is 18.2 Å². The van der Waals surface area contributed by atoms with Crippen molar-refractivity contribution >= 4 is 5.69 Å². The Kier molecular flexibility index (Phi) is 7.57. The highest BCUT2D eigenvalue weighted by atomic mass is 16.5. The second kappa shape index (κ2) is 12.6. The molecule has 10 rings (SSSR count). The van der Waals surface area contributed by atoms with Gasteiger partial charge < -0.3 is 24.8 Å². The maximum Gasteiger partial charge on any atom is 0.160 e. The number of nitrogens with two attached hydrogens (primary N) is 1. The molecule has 5 nitrogen and oxygen atoms in total. The van der Waals surface area contributed by atoms with Crippen molar-refractivity contribution in [3.63, 3.8) is 0 Å². The molecule has 3 aliphatic heterocycles. The first-order valence-corrected chi connectivity index (χ1v) is 18.9. The van der Waals surface area contributed by atoms with E-state index in [0.717, 1.165) is 35.8 Å². The number of ether oxygens (including phenoxy) is 3. The van der Waals surface area contributed by atoms with E-state index in [-0.39, 0.29) is 36.0 Å². The number of allylic oxidation sites excluding steroid dienone is 4. The van der Waals surface area contributed by atoms with E-state index < -0.39 is 5.41 Å². The van der Waals surface area contributed by atoms with Crippen LogP contribution in [0.5, 0.6) is 17.2 Å². The number of hydrogen-bond acceptors (Lipinski definition) is 5. The van der Waals surface area contributed by atoms with Crippen molar-refractivity contribution < 1.29 is 14.2 Å². The van der Waals surface area contributed by atoms with Crippen LogP contribution in [0.25, 0.3) is 0 Å². The van der Waals surface area contributed by atoms with Crippen LogP contribution in [-0.2, 0) is 10.2 Å². The van der Waals surface area contributed by atoms with Gasteiger partial charge in [-0.3, -0.25) is 0 Å². The van der Waals surface area contributed by atoms with E-state index in [4.69, 9.17) is 19.9 Å². The first kappa shape index (κ1) is 31.8. The predicted octanol–water partition coefficient (Wildman–Crippen LogP) is 10.3. The average Bonchev–Trinajstić information content (AvgIpc) is 3.21. The van der Waals surface area contributed by atoms with Gasteiger partial charge in [-0.15, -0.1) is 0 Å². The molecule has 5 aromatic rings. The van der Waals surface area contributed by atoms with Crippen molar-refractivity contribution in [2.45, 2.75) is 55.3 Å². The third-order valence-corrected chi connectivity index (χ3v) is 12.0. The normalized spacial score (nSPS) is 27.8. The Bertz CT molecular complexity index is 2310. The summed E-state index contributed by atoms with van der Waals surface area (Å²) in [6.45, 7) is 1.99. The minimum atomic E-state index is -0.488. The van der Waals surface area contributed by atoms with Crippen molar-refractivity contribution in [1.82, 2.24) is 0 Å². The molecule has 0 aromatic heterocycles. The summed E-state index contributed by atoms with van der Waals surface area (Å²) in [4.78, 5) is 2.26. The van der Waals surface area contributed by atoms with E-state index >= 15 is 0 Å². The number of nitrogens with zero attached hydrogens (tertiary/aromatic N) is 1. The molecule has 0 saturated carbocycles. The van der Waals surface area contributed by atoms with Gasteiger partial charge in [0.25, 0.3) is 0 Å². The van der Waals surface area contributed by atoms with Crippen LogP contribution in [0.15, 0.2) is 175 Å². The first-order valence-electron chi connectivity index (χ1n) is 18.9. The van der Waals surface area contributed by atoms with Gasteiger partial charge >= 0.3 is 0 Å². The fourth-order valence-electron chi connectivity index (χ4n) is 9.72. The van der Waals surface area contributed by atoms with Crippen LogP contribution in [0.3, 0.4) is 0 Å². The SMILES string of the molecule is C/C=C\C1=C(N)N(c2ccccc2)C2CC(c3ccc4c(c3)Oc3ccccc3C43c4ccccc4OC4CC(c5ccccc5)C=CC43)C=CC2O1. The lowest BCUT2D eigenvalue weighted by Crippen LogP contribution is -2.51. The second-order valence-electron chi connectivity index (χ2n) is 14.8. The monoisotopic (exact) mass is 694 g/mol. The molecule has 7 unspecified atom stereocenters. The van der Waals surface area contributed by atoms with Crippen LogP contribution >= 0.6 is 0 Å². The molecule has 5 heteroatoms. The van der Waals surface area contributed by atoms with Crippen LogP contribution in [0.2, 0.25) is 0 Å². The Labute approximate surface area is 311 Å². The average molecular weight is 695 g/mol. The van der Waals surface area contributed by atoms with Crippen LogP contribution in [0.1, 0.15) is 59.4 Å². The fourth-order valence-corrected chi connectivity index (χ4v) is 9.72. The molecular weight excluding hydrogens is 653 g/mol. The highest BCUT2D eigenvalue weighted by Crippen LogP contribution is 2.62. The van der Waals surface area contributed by atoms with Crippen molar-refractivity contribution in [3.05, 3.63) is 203 Å². The first-order chi connectivity index (χ1) is 26.1. The van der Waals surface area contributed by atoms with Gasteiger partial charge in [0.05, 0.1) is 11.5 Å². The highest BCUT2D eigenvalue weighted by molar-refractivity contribution is 5.69. The summed E-state index contributed by atoms with van der Waals surface area (Å²) < 4.78 is 20.4. The molecule has 2 aliphatic carbocycles. The smallest absolute Gasteiger partial charge is 0.160 e. The van der Waals surface area contributed by atoms with E-state index in [2.05, 4.69) is 151 Å². The van der Waals surface area contributed by atoms with Crippen molar-refractivity contribution in [2.24, 2.45) is 11.7 Å². The minimum absolute atomic E-state index is 0.0155. The zero-order valence-corrected chi connectivity index (χ0v) is 29.7. The Morgan fingerprint density at radius 1 is 0.642 bits per heavy atom. The molecule has 0 amide bonds. The Morgan fingerprint density at radius 2 is 1.30 bits per heavy atom. The van der Waals surface area contributed by atoms with E-state index in [9.17, 15) is 0 Å². The fraction of sp³-hybridized carbons (Fsp3) is 0.208. The minimum Gasteiger partial charge on any atom is -0.489 e. The molecule has 5 aromatic carbocycles. The van der Waals surface area contributed by atoms with Gasteiger partial charge in [0.1, 0.15) is 35.3 Å². The lowest BCUT2D eigenvalue weighted by Gasteiger charge is -2.52. The Morgan fingerprint density at radius 3 is 2.09 bits per heavy atom. The molecule has 2 N–H and O–H groups in total. The Hall–Kier alpha value is -5.94. The van der Waals surface area contributed by atoms with Crippen LogP contribution in [0.4, 0.5) is 5.69 Å². The molecular formula is C48H42N2O3. The summed E-state index contributed by atoms with van der Waals surface area (Å²) in [5.74, 6) is 4.59. The molecule has 0 bridgehead atoms. The number of fused-ring (bicyclic) bond motifs is 9. The number of rotatable bonds is 4. The van der Waals surface area contributed by atoms with Crippen LogP contribution in [0, 0.1) is 5.92 Å². The standard InChI is InChI=1S/C48H42N2O3/c1-2-13-44-47(49)50(35-16-7-4-8-17-35)40-28-32(24-27-43(40)53-44)34-23-26-39-46(30-34)52-42-21-12-10-19-37(42)48(39)36-18-9-11-20-41(36)51-45-29-33(22-25-38(45)48)31-14-5-3-6-15-31/h2-27,30,32-33,38,40,43,45H,28-29,49H2,1H3/b13-2-. The van der Waals surface area contributed by atoms with Gasteiger partial charge in [-0.05, 0) is 73.4 Å². The lowest BCUT2D eigenvalue weighted by atomic mass is 9.55.